The first-order valence-corrected chi connectivity index (χ1v) is 8.25. The second-order valence-electron chi connectivity index (χ2n) is 6.15. The zero-order valence-corrected chi connectivity index (χ0v) is 14.0. The van der Waals surface area contributed by atoms with E-state index in [1.807, 2.05) is 32.0 Å². The summed E-state index contributed by atoms with van der Waals surface area (Å²) in [6, 6.07) is 7.11. The molecule has 6 heteroatoms. The van der Waals surface area contributed by atoms with Crippen molar-refractivity contribution >= 4 is 11.6 Å². The summed E-state index contributed by atoms with van der Waals surface area (Å²) < 4.78 is 2.65. The maximum absolute atomic E-state index is 12.5. The Morgan fingerprint density at radius 3 is 2.78 bits per heavy atom. The van der Waals surface area contributed by atoms with Crippen LogP contribution in [0.2, 0.25) is 5.02 Å². The van der Waals surface area contributed by atoms with Crippen LogP contribution in [0.3, 0.4) is 0 Å². The van der Waals surface area contributed by atoms with Crippen LogP contribution in [-0.4, -0.2) is 9.24 Å². The van der Waals surface area contributed by atoms with E-state index in [4.69, 9.17) is 11.6 Å². The highest BCUT2D eigenvalue weighted by molar-refractivity contribution is 6.31. The predicted molar refractivity (Wildman–Crippen MR) is 91.8 cm³/mol. The van der Waals surface area contributed by atoms with Crippen molar-refractivity contribution in [1.82, 2.24) is 9.24 Å². The molecule has 1 N–H and O–H groups in total. The Morgan fingerprint density at radius 2 is 2.04 bits per heavy atom. The minimum absolute atomic E-state index is 0.00765. The van der Waals surface area contributed by atoms with Gasteiger partial charge in [0.2, 0.25) is 0 Å². The zero-order valence-electron chi connectivity index (χ0n) is 13.3. The molecule has 5 nitrogen and oxygen atoms in total. The van der Waals surface area contributed by atoms with Crippen LogP contribution in [0.15, 0.2) is 40.1 Å². The summed E-state index contributed by atoms with van der Waals surface area (Å²) in [5.41, 5.74) is 4.88. The second-order valence-corrected chi connectivity index (χ2v) is 6.56. The molecular weight excluding hydrogens is 314 g/mol. The standard InChI is InChI=1S/C17H20ClN3O2/c1-11(2)21-16(22)9-10-20(17(21)23)19-15-8-4-5-12-13(15)6-3-7-14(12)18/h3,6-7,9-11,15,19H,4-5,8H2,1-2H3. The van der Waals surface area contributed by atoms with Crippen LogP contribution in [0.4, 0.5) is 0 Å². The van der Waals surface area contributed by atoms with Gasteiger partial charge in [-0.2, -0.15) is 0 Å². The van der Waals surface area contributed by atoms with E-state index in [-0.39, 0.29) is 23.3 Å². The molecule has 1 aliphatic carbocycles. The number of hydrogen-bond acceptors (Lipinski definition) is 3. The topological polar surface area (TPSA) is 56.0 Å². The Morgan fingerprint density at radius 1 is 1.26 bits per heavy atom. The van der Waals surface area contributed by atoms with Gasteiger partial charge in [0.05, 0.1) is 6.04 Å². The maximum atomic E-state index is 12.5. The van der Waals surface area contributed by atoms with E-state index >= 15 is 0 Å². The lowest BCUT2D eigenvalue weighted by molar-refractivity contribution is 0.494. The maximum Gasteiger partial charge on any atom is 0.349 e. The normalized spacial score (nSPS) is 17.1. The minimum atomic E-state index is -0.346. The van der Waals surface area contributed by atoms with Crippen LogP contribution >= 0.6 is 11.6 Å². The number of rotatable bonds is 3. The van der Waals surface area contributed by atoms with Crippen LogP contribution < -0.4 is 16.7 Å². The van der Waals surface area contributed by atoms with E-state index in [2.05, 4.69) is 5.43 Å². The van der Waals surface area contributed by atoms with Gasteiger partial charge in [-0.1, -0.05) is 23.7 Å². The monoisotopic (exact) mass is 333 g/mol. The Bertz CT molecular complexity index is 838. The average Bonchev–Trinajstić information content (AvgIpc) is 2.51. The van der Waals surface area contributed by atoms with Gasteiger partial charge in [-0.3, -0.25) is 9.36 Å². The van der Waals surface area contributed by atoms with E-state index in [9.17, 15) is 9.59 Å². The fraction of sp³-hybridized carbons (Fsp3) is 0.412. The van der Waals surface area contributed by atoms with Gasteiger partial charge >= 0.3 is 5.69 Å². The molecule has 2 aromatic rings. The Balaban J connectivity index is 1.99. The largest absolute Gasteiger partial charge is 0.349 e. The van der Waals surface area contributed by atoms with Crippen LogP contribution in [0.25, 0.3) is 0 Å². The first-order valence-electron chi connectivity index (χ1n) is 7.87. The molecule has 122 valence electrons. The Labute approximate surface area is 139 Å². The summed E-state index contributed by atoms with van der Waals surface area (Å²) in [5.74, 6) is 0. The highest BCUT2D eigenvalue weighted by Gasteiger charge is 2.22. The zero-order chi connectivity index (χ0) is 16.6. The number of nitrogens with zero attached hydrogens (tertiary/aromatic N) is 2. The first kappa shape index (κ1) is 15.9. The van der Waals surface area contributed by atoms with Crippen LogP contribution in [-0.2, 0) is 6.42 Å². The van der Waals surface area contributed by atoms with Crippen molar-refractivity contribution in [2.75, 3.05) is 5.43 Å². The molecule has 1 heterocycles. The number of aromatic nitrogens is 2. The summed E-state index contributed by atoms with van der Waals surface area (Å²) in [4.78, 5) is 24.4. The third-order valence-corrected chi connectivity index (χ3v) is 4.63. The predicted octanol–water partition coefficient (Wildman–Crippen LogP) is 2.87. The van der Waals surface area contributed by atoms with Crippen molar-refractivity contribution in [1.29, 1.82) is 0 Å². The number of benzene rings is 1. The number of fused-ring (bicyclic) bond motifs is 1. The Hall–Kier alpha value is -2.01. The van der Waals surface area contributed by atoms with Gasteiger partial charge < -0.3 is 5.43 Å². The van der Waals surface area contributed by atoms with Gasteiger partial charge in [0.1, 0.15) is 0 Å². The molecule has 0 aliphatic heterocycles. The highest BCUT2D eigenvalue weighted by Crippen LogP contribution is 2.34. The lowest BCUT2D eigenvalue weighted by Gasteiger charge is -2.28. The molecule has 0 radical (unpaired) electrons. The fourth-order valence-corrected chi connectivity index (χ4v) is 3.45. The van der Waals surface area contributed by atoms with E-state index in [0.717, 1.165) is 35.4 Å². The molecule has 1 atom stereocenters. The molecule has 0 spiro atoms. The van der Waals surface area contributed by atoms with Crippen molar-refractivity contribution in [3.8, 4) is 0 Å². The van der Waals surface area contributed by atoms with E-state index in [0.29, 0.717) is 0 Å². The van der Waals surface area contributed by atoms with Crippen molar-refractivity contribution in [3.63, 3.8) is 0 Å². The summed E-state index contributed by atoms with van der Waals surface area (Å²) >= 11 is 6.29. The van der Waals surface area contributed by atoms with Crippen molar-refractivity contribution < 1.29 is 0 Å². The minimum Gasteiger partial charge on any atom is -0.314 e. The summed E-state index contributed by atoms with van der Waals surface area (Å²) in [6.07, 6.45) is 4.38. The summed E-state index contributed by atoms with van der Waals surface area (Å²) in [5, 5.41) is 0.772. The smallest absolute Gasteiger partial charge is 0.314 e. The van der Waals surface area contributed by atoms with Gasteiger partial charge in [0, 0.05) is 23.3 Å². The van der Waals surface area contributed by atoms with Crippen molar-refractivity contribution in [2.24, 2.45) is 0 Å². The van der Waals surface area contributed by atoms with Crippen molar-refractivity contribution in [3.05, 3.63) is 67.4 Å². The van der Waals surface area contributed by atoms with Crippen LogP contribution in [0.5, 0.6) is 0 Å². The highest BCUT2D eigenvalue weighted by atomic mass is 35.5. The third kappa shape index (κ3) is 2.93. The quantitative estimate of drug-likeness (QED) is 0.939. The van der Waals surface area contributed by atoms with Gasteiger partial charge in [-0.05, 0) is 50.3 Å². The molecule has 0 amide bonds. The number of nitrogens with one attached hydrogen (secondary N) is 1. The van der Waals surface area contributed by atoms with Crippen LogP contribution in [0, 0.1) is 0 Å². The molecule has 0 saturated carbocycles. The lowest BCUT2D eigenvalue weighted by Crippen LogP contribution is -2.44. The molecule has 1 unspecified atom stereocenters. The molecule has 1 aliphatic rings. The molecule has 0 fully saturated rings. The molecule has 1 aromatic carbocycles. The van der Waals surface area contributed by atoms with E-state index < -0.39 is 0 Å². The van der Waals surface area contributed by atoms with Gasteiger partial charge in [0.25, 0.3) is 5.56 Å². The van der Waals surface area contributed by atoms with E-state index in [1.54, 1.807) is 0 Å². The lowest BCUT2D eigenvalue weighted by atomic mass is 9.88. The van der Waals surface area contributed by atoms with Gasteiger partial charge in [-0.15, -0.1) is 0 Å². The molecule has 0 saturated heterocycles. The molecule has 0 bridgehead atoms. The molecule has 1 aromatic heterocycles. The third-order valence-electron chi connectivity index (χ3n) is 4.28. The number of hydrogen-bond donors (Lipinski definition) is 1. The fourth-order valence-electron chi connectivity index (χ4n) is 3.17. The van der Waals surface area contributed by atoms with Crippen molar-refractivity contribution in [2.45, 2.75) is 45.2 Å². The van der Waals surface area contributed by atoms with Gasteiger partial charge in [-0.25, -0.2) is 9.47 Å². The molecule has 23 heavy (non-hydrogen) atoms. The number of halogens is 1. The summed E-state index contributed by atoms with van der Waals surface area (Å²) in [6.45, 7) is 3.64. The average molecular weight is 334 g/mol. The first-order chi connectivity index (χ1) is 11.0. The SMILES string of the molecule is CC(C)n1c(=O)ccn(NC2CCCc3c(Cl)cccc32)c1=O. The second kappa shape index (κ2) is 6.24. The van der Waals surface area contributed by atoms with E-state index in [1.165, 1.54) is 21.5 Å². The molecular formula is C17H20ClN3O2. The van der Waals surface area contributed by atoms with Gasteiger partial charge in [0.15, 0.2) is 0 Å². The molecule has 3 rings (SSSR count). The van der Waals surface area contributed by atoms with Crippen LogP contribution in [0.1, 0.15) is 49.9 Å². The summed E-state index contributed by atoms with van der Waals surface area (Å²) in [7, 11) is 0. The Kier molecular flexibility index (Phi) is 4.31.